The molecule has 0 unspecified atom stereocenters. The van der Waals surface area contributed by atoms with Crippen LogP contribution in [0.2, 0.25) is 0 Å². The molecule has 0 fully saturated rings. The van der Waals surface area contributed by atoms with E-state index in [0.29, 0.717) is 17.4 Å². The average molecular weight is 383 g/mol. The third-order valence-electron chi connectivity index (χ3n) is 3.87. The Labute approximate surface area is 159 Å². The van der Waals surface area contributed by atoms with Crippen molar-refractivity contribution in [1.29, 1.82) is 0 Å². The first-order valence-electron chi connectivity index (χ1n) is 8.54. The minimum atomic E-state index is -3.61. The van der Waals surface area contributed by atoms with Crippen LogP contribution in [0.25, 0.3) is 17.5 Å². The topological polar surface area (TPSA) is 85.1 Å². The summed E-state index contributed by atoms with van der Waals surface area (Å²) in [7, 11) is -3.61. The SMILES string of the molecule is Cc1ccc(/C=C/S(=O)(=O)Nc2ccc(-c3nc(C(C)C)no3)cc2)cc1. The average Bonchev–Trinajstić information content (AvgIpc) is 3.12. The summed E-state index contributed by atoms with van der Waals surface area (Å²) in [5, 5.41) is 5.08. The maximum Gasteiger partial charge on any atom is 0.257 e. The van der Waals surface area contributed by atoms with Crippen LogP contribution >= 0.6 is 0 Å². The van der Waals surface area contributed by atoms with E-state index in [2.05, 4.69) is 14.9 Å². The highest BCUT2D eigenvalue weighted by Gasteiger charge is 2.12. The van der Waals surface area contributed by atoms with Crippen LogP contribution in [0.1, 0.15) is 36.7 Å². The zero-order valence-electron chi connectivity index (χ0n) is 15.4. The lowest BCUT2D eigenvalue weighted by atomic mass is 10.2. The molecular formula is C20H21N3O3S. The number of nitrogens with zero attached hydrogens (tertiary/aromatic N) is 2. The van der Waals surface area contributed by atoms with Gasteiger partial charge in [0.2, 0.25) is 0 Å². The Morgan fingerprint density at radius 3 is 2.30 bits per heavy atom. The van der Waals surface area contributed by atoms with Gasteiger partial charge in [0.25, 0.3) is 15.9 Å². The molecule has 0 radical (unpaired) electrons. The summed E-state index contributed by atoms with van der Waals surface area (Å²) in [6.45, 7) is 5.95. The number of aryl methyl sites for hydroxylation is 1. The lowest BCUT2D eigenvalue weighted by Crippen LogP contribution is -2.08. The van der Waals surface area contributed by atoms with E-state index in [1.165, 1.54) is 0 Å². The first kappa shape index (κ1) is 18.8. The van der Waals surface area contributed by atoms with Crippen molar-refractivity contribution in [2.75, 3.05) is 4.72 Å². The molecule has 0 aliphatic rings. The van der Waals surface area contributed by atoms with Gasteiger partial charge in [0.1, 0.15) is 0 Å². The van der Waals surface area contributed by atoms with E-state index >= 15 is 0 Å². The second-order valence-corrected chi connectivity index (χ2v) is 8.12. The maximum atomic E-state index is 12.2. The van der Waals surface area contributed by atoms with Crippen LogP contribution in [0, 0.1) is 6.92 Å². The minimum absolute atomic E-state index is 0.175. The minimum Gasteiger partial charge on any atom is -0.334 e. The molecule has 0 saturated heterocycles. The van der Waals surface area contributed by atoms with Gasteiger partial charge in [-0.3, -0.25) is 4.72 Å². The molecule has 0 atom stereocenters. The lowest BCUT2D eigenvalue weighted by Gasteiger charge is -2.05. The van der Waals surface area contributed by atoms with Gasteiger partial charge in [0.15, 0.2) is 5.82 Å². The van der Waals surface area contributed by atoms with Gasteiger partial charge in [-0.05, 0) is 42.8 Å². The molecule has 27 heavy (non-hydrogen) atoms. The van der Waals surface area contributed by atoms with E-state index in [4.69, 9.17) is 4.52 Å². The lowest BCUT2D eigenvalue weighted by molar-refractivity contribution is 0.419. The monoisotopic (exact) mass is 383 g/mol. The number of aromatic nitrogens is 2. The van der Waals surface area contributed by atoms with Gasteiger partial charge in [-0.25, -0.2) is 8.42 Å². The molecule has 1 N–H and O–H groups in total. The van der Waals surface area contributed by atoms with E-state index in [1.807, 2.05) is 45.0 Å². The van der Waals surface area contributed by atoms with Gasteiger partial charge in [0, 0.05) is 17.2 Å². The van der Waals surface area contributed by atoms with Crippen LogP contribution < -0.4 is 4.72 Å². The zero-order valence-corrected chi connectivity index (χ0v) is 16.2. The van der Waals surface area contributed by atoms with Gasteiger partial charge in [-0.1, -0.05) is 48.8 Å². The number of hydrogen-bond donors (Lipinski definition) is 1. The number of benzene rings is 2. The van der Waals surface area contributed by atoms with Gasteiger partial charge in [-0.15, -0.1) is 0 Å². The fraction of sp³-hybridized carbons (Fsp3) is 0.200. The van der Waals surface area contributed by atoms with E-state index in [1.54, 1.807) is 30.3 Å². The van der Waals surface area contributed by atoms with E-state index < -0.39 is 10.0 Å². The van der Waals surface area contributed by atoms with Crippen molar-refractivity contribution in [1.82, 2.24) is 10.1 Å². The summed E-state index contributed by atoms with van der Waals surface area (Å²) in [5.74, 6) is 1.22. The molecular weight excluding hydrogens is 362 g/mol. The number of nitrogens with one attached hydrogen (secondary N) is 1. The molecule has 0 aliphatic heterocycles. The third-order valence-corrected chi connectivity index (χ3v) is 4.88. The highest BCUT2D eigenvalue weighted by molar-refractivity contribution is 7.95. The maximum absolute atomic E-state index is 12.2. The Hall–Kier alpha value is -2.93. The second-order valence-electron chi connectivity index (χ2n) is 6.55. The molecule has 0 amide bonds. The largest absolute Gasteiger partial charge is 0.334 e. The van der Waals surface area contributed by atoms with Crippen molar-refractivity contribution in [3.8, 4) is 11.5 Å². The molecule has 7 heteroatoms. The van der Waals surface area contributed by atoms with Crippen molar-refractivity contribution in [2.45, 2.75) is 26.7 Å². The molecule has 3 aromatic rings. The van der Waals surface area contributed by atoms with Crippen LogP contribution in [0.5, 0.6) is 0 Å². The standard InChI is InChI=1S/C20H21N3O3S/c1-14(2)19-21-20(26-22-19)17-8-10-18(11-9-17)23-27(24,25)13-12-16-6-4-15(3)5-7-16/h4-14,23H,1-3H3/b13-12+. The summed E-state index contributed by atoms with van der Waals surface area (Å²) < 4.78 is 32.2. The molecule has 0 spiro atoms. The molecule has 2 aromatic carbocycles. The highest BCUT2D eigenvalue weighted by Crippen LogP contribution is 2.22. The fourth-order valence-corrected chi connectivity index (χ4v) is 3.18. The first-order valence-corrected chi connectivity index (χ1v) is 10.1. The van der Waals surface area contributed by atoms with Crippen LogP contribution in [-0.2, 0) is 10.0 Å². The summed E-state index contributed by atoms with van der Waals surface area (Å²) in [6, 6.07) is 14.4. The number of sulfonamides is 1. The Morgan fingerprint density at radius 1 is 1.04 bits per heavy atom. The van der Waals surface area contributed by atoms with Crippen molar-refractivity contribution >= 4 is 21.8 Å². The molecule has 6 nitrogen and oxygen atoms in total. The fourth-order valence-electron chi connectivity index (χ4n) is 2.31. The zero-order chi connectivity index (χ0) is 19.4. The van der Waals surface area contributed by atoms with Crippen molar-refractivity contribution in [2.24, 2.45) is 0 Å². The third kappa shape index (κ3) is 5.04. The van der Waals surface area contributed by atoms with E-state index in [9.17, 15) is 8.42 Å². The van der Waals surface area contributed by atoms with Crippen molar-refractivity contribution in [3.63, 3.8) is 0 Å². The number of rotatable bonds is 6. The number of hydrogen-bond acceptors (Lipinski definition) is 5. The van der Waals surface area contributed by atoms with Gasteiger partial charge < -0.3 is 4.52 Å². The van der Waals surface area contributed by atoms with Crippen molar-refractivity contribution < 1.29 is 12.9 Å². The summed E-state index contributed by atoms with van der Waals surface area (Å²) in [6.07, 6.45) is 1.56. The van der Waals surface area contributed by atoms with Crippen LogP contribution in [0.15, 0.2) is 58.5 Å². The molecule has 0 aliphatic carbocycles. The van der Waals surface area contributed by atoms with Crippen molar-refractivity contribution in [3.05, 3.63) is 70.9 Å². The van der Waals surface area contributed by atoms with E-state index in [-0.39, 0.29) is 5.92 Å². The predicted molar refractivity (Wildman–Crippen MR) is 107 cm³/mol. The van der Waals surface area contributed by atoms with Crippen LogP contribution in [0.3, 0.4) is 0 Å². The molecule has 3 rings (SSSR count). The predicted octanol–water partition coefficient (Wildman–Crippen LogP) is 4.58. The Morgan fingerprint density at radius 2 is 1.70 bits per heavy atom. The normalized spacial score (nSPS) is 12.0. The first-order chi connectivity index (χ1) is 12.8. The molecule has 0 saturated carbocycles. The quantitative estimate of drug-likeness (QED) is 0.673. The van der Waals surface area contributed by atoms with Gasteiger partial charge >= 0.3 is 0 Å². The highest BCUT2D eigenvalue weighted by atomic mass is 32.2. The molecule has 0 bridgehead atoms. The van der Waals surface area contributed by atoms with Crippen LogP contribution in [-0.4, -0.2) is 18.6 Å². The molecule has 140 valence electrons. The Kier molecular flexibility index (Phi) is 5.41. The summed E-state index contributed by atoms with van der Waals surface area (Å²) in [5.41, 5.74) is 3.12. The Bertz CT molecular complexity index is 1030. The summed E-state index contributed by atoms with van der Waals surface area (Å²) in [4.78, 5) is 4.33. The molecule has 1 heterocycles. The smallest absolute Gasteiger partial charge is 0.257 e. The number of anilines is 1. The second kappa shape index (κ2) is 7.75. The van der Waals surface area contributed by atoms with Gasteiger partial charge in [-0.2, -0.15) is 4.98 Å². The molecule has 1 aromatic heterocycles. The van der Waals surface area contributed by atoms with Gasteiger partial charge in [0.05, 0.1) is 5.41 Å². The summed E-state index contributed by atoms with van der Waals surface area (Å²) >= 11 is 0. The van der Waals surface area contributed by atoms with Crippen LogP contribution in [0.4, 0.5) is 5.69 Å². The van der Waals surface area contributed by atoms with E-state index in [0.717, 1.165) is 22.1 Å². The Balaban J connectivity index is 1.70.